The second kappa shape index (κ2) is 5.96. The molecule has 0 saturated carbocycles. The van der Waals surface area contributed by atoms with Gasteiger partial charge >= 0.3 is 5.97 Å². The average molecular weight is 254 g/mol. The van der Waals surface area contributed by atoms with Gasteiger partial charge in [0.25, 0.3) is 0 Å². The van der Waals surface area contributed by atoms with Crippen molar-refractivity contribution >= 4 is 17.7 Å². The second-order valence-electron chi connectivity index (χ2n) is 4.26. The molecule has 0 aliphatic carbocycles. The second-order valence-corrected chi connectivity index (χ2v) is 5.98. The van der Waals surface area contributed by atoms with Crippen LogP contribution in [0.5, 0.6) is 5.75 Å². The number of benzene rings is 1. The predicted molar refractivity (Wildman–Crippen MR) is 70.9 cm³/mol. The lowest BCUT2D eigenvalue weighted by atomic mass is 10.2. The van der Waals surface area contributed by atoms with Crippen LogP contribution in [-0.4, -0.2) is 28.7 Å². The zero-order valence-electron chi connectivity index (χ0n) is 10.4. The van der Waals surface area contributed by atoms with E-state index in [0.717, 1.165) is 17.9 Å². The van der Waals surface area contributed by atoms with Crippen LogP contribution in [0.25, 0.3) is 0 Å². The summed E-state index contributed by atoms with van der Waals surface area (Å²) in [4.78, 5) is 10.9. The maximum atomic E-state index is 10.9. The van der Waals surface area contributed by atoms with Gasteiger partial charge in [0.2, 0.25) is 0 Å². The summed E-state index contributed by atoms with van der Waals surface area (Å²) in [7, 11) is 1.64. The van der Waals surface area contributed by atoms with Crippen LogP contribution in [0, 0.1) is 0 Å². The Kier molecular flexibility index (Phi) is 4.87. The molecular formula is C13H18O3S. The molecule has 0 aliphatic rings. The smallest absolute Gasteiger partial charge is 0.319 e. The minimum Gasteiger partial charge on any atom is -0.497 e. The number of methoxy groups -OCH3 is 1. The Bertz CT molecular complexity index is 371. The number of carboxylic acid groups (broad SMARTS) is 1. The van der Waals surface area contributed by atoms with E-state index in [4.69, 9.17) is 9.84 Å². The molecule has 1 aromatic carbocycles. The van der Waals surface area contributed by atoms with E-state index < -0.39 is 10.7 Å². The number of hydrogen-bond acceptors (Lipinski definition) is 3. The maximum Gasteiger partial charge on any atom is 0.319 e. The van der Waals surface area contributed by atoms with Crippen LogP contribution in [0.15, 0.2) is 24.3 Å². The monoisotopic (exact) mass is 254 g/mol. The molecule has 0 amide bonds. The summed E-state index contributed by atoms with van der Waals surface area (Å²) >= 11 is 1.46. The molecule has 94 valence electrons. The van der Waals surface area contributed by atoms with Crippen LogP contribution >= 0.6 is 11.8 Å². The summed E-state index contributed by atoms with van der Waals surface area (Å²) in [5, 5.41) is 8.97. The van der Waals surface area contributed by atoms with Gasteiger partial charge in [-0.1, -0.05) is 12.1 Å². The third-order valence-corrected chi connectivity index (χ3v) is 3.83. The highest BCUT2D eigenvalue weighted by atomic mass is 32.2. The molecule has 1 aromatic rings. The number of carboxylic acids is 1. The molecule has 0 fully saturated rings. The van der Waals surface area contributed by atoms with Crippen LogP contribution in [-0.2, 0) is 11.2 Å². The maximum absolute atomic E-state index is 10.9. The summed E-state index contributed by atoms with van der Waals surface area (Å²) in [5.41, 5.74) is 1.19. The average Bonchev–Trinajstić information content (AvgIpc) is 2.29. The minimum atomic E-state index is -0.766. The summed E-state index contributed by atoms with van der Waals surface area (Å²) < 4.78 is 4.36. The highest BCUT2D eigenvalue weighted by Gasteiger charge is 2.26. The molecule has 0 spiro atoms. The van der Waals surface area contributed by atoms with Gasteiger partial charge in [-0.15, -0.1) is 11.8 Å². The SMILES string of the molecule is COc1ccc(CCSC(C)(C)C(=O)O)cc1. The first-order chi connectivity index (χ1) is 7.95. The highest BCUT2D eigenvalue weighted by molar-refractivity contribution is 8.01. The van der Waals surface area contributed by atoms with E-state index >= 15 is 0 Å². The molecule has 17 heavy (non-hydrogen) atoms. The number of rotatable bonds is 6. The van der Waals surface area contributed by atoms with Crippen molar-refractivity contribution in [3.63, 3.8) is 0 Å². The van der Waals surface area contributed by atoms with E-state index in [1.54, 1.807) is 21.0 Å². The Morgan fingerprint density at radius 3 is 2.41 bits per heavy atom. The van der Waals surface area contributed by atoms with Gasteiger partial charge in [0.15, 0.2) is 0 Å². The first-order valence-corrected chi connectivity index (χ1v) is 6.44. The fourth-order valence-electron chi connectivity index (χ4n) is 1.28. The van der Waals surface area contributed by atoms with Crippen molar-refractivity contribution in [3.05, 3.63) is 29.8 Å². The van der Waals surface area contributed by atoms with Crippen LogP contribution in [0.4, 0.5) is 0 Å². The summed E-state index contributed by atoms with van der Waals surface area (Å²) in [5.74, 6) is 0.871. The lowest BCUT2D eigenvalue weighted by Gasteiger charge is -2.18. The van der Waals surface area contributed by atoms with E-state index in [1.165, 1.54) is 17.3 Å². The van der Waals surface area contributed by atoms with E-state index in [-0.39, 0.29) is 0 Å². The van der Waals surface area contributed by atoms with Crippen molar-refractivity contribution < 1.29 is 14.6 Å². The van der Waals surface area contributed by atoms with Crippen LogP contribution in [0.1, 0.15) is 19.4 Å². The predicted octanol–water partition coefficient (Wildman–Crippen LogP) is 2.83. The number of aliphatic carboxylic acids is 1. The van der Waals surface area contributed by atoms with Gasteiger partial charge in [0.05, 0.1) is 7.11 Å². The standard InChI is InChI=1S/C13H18O3S/c1-13(2,12(14)15)17-9-8-10-4-6-11(16-3)7-5-10/h4-7H,8-9H2,1-3H3,(H,14,15). The molecule has 1 N–H and O–H groups in total. The Morgan fingerprint density at radius 2 is 1.94 bits per heavy atom. The van der Waals surface area contributed by atoms with Gasteiger partial charge in [0.1, 0.15) is 10.5 Å². The van der Waals surface area contributed by atoms with Crippen molar-refractivity contribution in [2.75, 3.05) is 12.9 Å². The van der Waals surface area contributed by atoms with E-state index in [2.05, 4.69) is 0 Å². The molecule has 0 heterocycles. The van der Waals surface area contributed by atoms with E-state index in [0.29, 0.717) is 0 Å². The number of ether oxygens (including phenoxy) is 1. The van der Waals surface area contributed by atoms with Gasteiger partial charge in [-0.2, -0.15) is 0 Å². The Balaban J connectivity index is 2.43. The number of hydrogen-bond donors (Lipinski definition) is 1. The molecule has 0 radical (unpaired) electrons. The van der Waals surface area contributed by atoms with Crippen molar-refractivity contribution in [3.8, 4) is 5.75 Å². The lowest BCUT2D eigenvalue weighted by Crippen LogP contribution is -2.27. The van der Waals surface area contributed by atoms with Gasteiger partial charge in [-0.25, -0.2) is 0 Å². The molecule has 0 bridgehead atoms. The molecule has 0 aromatic heterocycles. The molecule has 4 heteroatoms. The van der Waals surface area contributed by atoms with Crippen molar-refractivity contribution in [2.45, 2.75) is 25.0 Å². The lowest BCUT2D eigenvalue weighted by molar-refractivity contribution is -0.138. The van der Waals surface area contributed by atoms with Crippen LogP contribution < -0.4 is 4.74 Å². The molecular weight excluding hydrogens is 236 g/mol. The molecule has 0 saturated heterocycles. The third-order valence-electron chi connectivity index (χ3n) is 2.53. The summed E-state index contributed by atoms with van der Waals surface area (Å²) in [6.45, 7) is 3.46. The fourth-order valence-corrected chi connectivity index (χ4v) is 2.25. The summed E-state index contributed by atoms with van der Waals surface area (Å²) in [6, 6.07) is 7.85. The number of aryl methyl sites for hydroxylation is 1. The van der Waals surface area contributed by atoms with Crippen LogP contribution in [0.2, 0.25) is 0 Å². The number of carbonyl (C=O) groups is 1. The van der Waals surface area contributed by atoms with Crippen molar-refractivity contribution in [1.82, 2.24) is 0 Å². The quantitative estimate of drug-likeness (QED) is 0.848. The third kappa shape index (κ3) is 4.30. The number of thioether (sulfide) groups is 1. The summed E-state index contributed by atoms with van der Waals surface area (Å²) in [6.07, 6.45) is 0.866. The van der Waals surface area contributed by atoms with Crippen molar-refractivity contribution in [2.24, 2.45) is 0 Å². The normalized spacial score (nSPS) is 11.2. The molecule has 3 nitrogen and oxygen atoms in total. The molecule has 0 unspecified atom stereocenters. The van der Waals surface area contributed by atoms with Gasteiger partial charge in [-0.3, -0.25) is 4.79 Å². The van der Waals surface area contributed by atoms with E-state index in [9.17, 15) is 4.79 Å². The zero-order valence-corrected chi connectivity index (χ0v) is 11.2. The molecule has 0 atom stereocenters. The minimum absolute atomic E-state index is 0.716. The van der Waals surface area contributed by atoms with Gasteiger partial charge < -0.3 is 9.84 Å². The Morgan fingerprint density at radius 1 is 1.35 bits per heavy atom. The van der Waals surface area contributed by atoms with Crippen molar-refractivity contribution in [1.29, 1.82) is 0 Å². The highest BCUT2D eigenvalue weighted by Crippen LogP contribution is 2.25. The first kappa shape index (κ1) is 13.9. The fraction of sp³-hybridized carbons (Fsp3) is 0.462. The topological polar surface area (TPSA) is 46.5 Å². The Labute approximate surface area is 106 Å². The largest absolute Gasteiger partial charge is 0.497 e. The van der Waals surface area contributed by atoms with Gasteiger partial charge in [-0.05, 0) is 43.7 Å². The van der Waals surface area contributed by atoms with Crippen LogP contribution in [0.3, 0.4) is 0 Å². The van der Waals surface area contributed by atoms with E-state index in [1.807, 2.05) is 24.3 Å². The first-order valence-electron chi connectivity index (χ1n) is 5.46. The molecule has 1 rings (SSSR count). The Hall–Kier alpha value is -1.16. The van der Waals surface area contributed by atoms with Gasteiger partial charge in [0, 0.05) is 0 Å². The zero-order chi connectivity index (χ0) is 12.9. The molecule has 0 aliphatic heterocycles.